The zero-order valence-corrected chi connectivity index (χ0v) is 17.3. The first-order chi connectivity index (χ1) is 13.4. The highest BCUT2D eigenvalue weighted by Crippen LogP contribution is 2.36. The van der Waals surface area contributed by atoms with Gasteiger partial charge in [-0.15, -0.1) is 0 Å². The zero-order valence-electron chi connectivity index (χ0n) is 16.5. The first kappa shape index (κ1) is 21.4. The van der Waals surface area contributed by atoms with E-state index in [4.69, 9.17) is 30.5 Å². The summed E-state index contributed by atoms with van der Waals surface area (Å²) in [7, 11) is 6.21. The SMILES string of the molecule is COc1ccc(OC)c(C(C)NC(=O)/C=C/c2cc(Cl)c(OC)c(OC)c2)c1. The molecule has 0 saturated heterocycles. The lowest BCUT2D eigenvalue weighted by Crippen LogP contribution is -2.25. The molecule has 0 aliphatic carbocycles. The molecule has 0 spiro atoms. The second kappa shape index (κ2) is 9.90. The van der Waals surface area contributed by atoms with Gasteiger partial charge in [0.2, 0.25) is 5.91 Å². The molecular formula is C21H24ClNO5. The van der Waals surface area contributed by atoms with Gasteiger partial charge in [0.05, 0.1) is 39.5 Å². The van der Waals surface area contributed by atoms with E-state index in [0.717, 1.165) is 5.56 Å². The van der Waals surface area contributed by atoms with E-state index in [1.54, 1.807) is 44.6 Å². The molecule has 0 fully saturated rings. The normalized spacial score (nSPS) is 11.8. The topological polar surface area (TPSA) is 66.0 Å². The van der Waals surface area contributed by atoms with Gasteiger partial charge < -0.3 is 24.3 Å². The van der Waals surface area contributed by atoms with E-state index in [9.17, 15) is 4.79 Å². The standard InChI is InChI=1S/C21H24ClNO5/c1-13(16-12-15(25-2)7-8-18(16)26-3)23-20(24)9-6-14-10-17(22)21(28-5)19(11-14)27-4/h6-13H,1-5H3,(H,23,24)/b9-6+. The van der Waals surface area contributed by atoms with Gasteiger partial charge in [0, 0.05) is 11.6 Å². The third kappa shape index (κ3) is 5.10. The summed E-state index contributed by atoms with van der Waals surface area (Å²) in [4.78, 5) is 12.4. The Hall–Kier alpha value is -2.86. The molecule has 2 aromatic rings. The minimum absolute atomic E-state index is 0.261. The van der Waals surface area contributed by atoms with E-state index >= 15 is 0 Å². The van der Waals surface area contributed by atoms with Crippen molar-refractivity contribution >= 4 is 23.6 Å². The average Bonchev–Trinajstić information content (AvgIpc) is 2.71. The van der Waals surface area contributed by atoms with Crippen LogP contribution in [0, 0.1) is 0 Å². The van der Waals surface area contributed by atoms with E-state index in [-0.39, 0.29) is 11.9 Å². The summed E-state index contributed by atoms with van der Waals surface area (Å²) < 4.78 is 21.1. The fraction of sp³-hybridized carbons (Fsp3) is 0.286. The number of carbonyl (C=O) groups excluding carboxylic acids is 1. The Kier molecular flexibility index (Phi) is 7.58. The van der Waals surface area contributed by atoms with Crippen molar-refractivity contribution in [1.29, 1.82) is 0 Å². The number of rotatable bonds is 8. The Bertz CT molecular complexity index is 866. The number of amides is 1. The van der Waals surface area contributed by atoms with E-state index < -0.39 is 0 Å². The molecule has 0 aromatic heterocycles. The molecule has 6 nitrogen and oxygen atoms in total. The lowest BCUT2D eigenvalue weighted by atomic mass is 10.1. The van der Waals surface area contributed by atoms with Crippen LogP contribution in [-0.4, -0.2) is 34.3 Å². The Labute approximate surface area is 170 Å². The van der Waals surface area contributed by atoms with E-state index in [2.05, 4.69) is 5.32 Å². The van der Waals surface area contributed by atoms with Crippen LogP contribution in [0.5, 0.6) is 23.0 Å². The largest absolute Gasteiger partial charge is 0.497 e. The molecule has 0 heterocycles. The van der Waals surface area contributed by atoms with Crippen LogP contribution in [-0.2, 0) is 4.79 Å². The number of hydrogen-bond acceptors (Lipinski definition) is 5. The number of nitrogens with one attached hydrogen (secondary N) is 1. The van der Waals surface area contributed by atoms with Crippen molar-refractivity contribution in [2.45, 2.75) is 13.0 Å². The van der Waals surface area contributed by atoms with Gasteiger partial charge in [-0.2, -0.15) is 0 Å². The predicted molar refractivity (Wildman–Crippen MR) is 110 cm³/mol. The summed E-state index contributed by atoms with van der Waals surface area (Å²) in [5, 5.41) is 3.31. The molecule has 28 heavy (non-hydrogen) atoms. The first-order valence-corrected chi connectivity index (χ1v) is 8.93. The summed E-state index contributed by atoms with van der Waals surface area (Å²) in [6, 6.07) is 8.60. The molecule has 1 N–H and O–H groups in total. The third-order valence-corrected chi connectivity index (χ3v) is 4.43. The van der Waals surface area contributed by atoms with E-state index in [0.29, 0.717) is 33.6 Å². The molecule has 150 valence electrons. The molecule has 2 rings (SSSR count). The predicted octanol–water partition coefficient (Wildman–Crippen LogP) is 4.27. The Morgan fingerprint density at radius 2 is 1.71 bits per heavy atom. The van der Waals surface area contributed by atoms with Crippen molar-refractivity contribution in [2.75, 3.05) is 28.4 Å². The highest BCUT2D eigenvalue weighted by molar-refractivity contribution is 6.32. The lowest BCUT2D eigenvalue weighted by molar-refractivity contribution is -0.117. The lowest BCUT2D eigenvalue weighted by Gasteiger charge is -2.17. The Balaban J connectivity index is 2.15. The van der Waals surface area contributed by atoms with Crippen molar-refractivity contribution in [3.8, 4) is 23.0 Å². The zero-order chi connectivity index (χ0) is 20.7. The van der Waals surface area contributed by atoms with Crippen LogP contribution in [0.15, 0.2) is 36.4 Å². The molecule has 1 atom stereocenters. The van der Waals surface area contributed by atoms with Crippen LogP contribution in [0.1, 0.15) is 24.1 Å². The molecule has 1 amide bonds. The van der Waals surface area contributed by atoms with Gasteiger partial charge in [-0.25, -0.2) is 0 Å². The Morgan fingerprint density at radius 1 is 1.00 bits per heavy atom. The minimum Gasteiger partial charge on any atom is -0.497 e. The van der Waals surface area contributed by atoms with Crippen molar-refractivity contribution in [2.24, 2.45) is 0 Å². The van der Waals surface area contributed by atoms with Crippen LogP contribution in [0.2, 0.25) is 5.02 Å². The van der Waals surface area contributed by atoms with Crippen LogP contribution in [0.4, 0.5) is 0 Å². The maximum absolute atomic E-state index is 12.4. The number of halogens is 1. The fourth-order valence-electron chi connectivity index (χ4n) is 2.72. The molecule has 0 aliphatic heterocycles. The van der Waals surface area contributed by atoms with Gasteiger partial charge in [0.1, 0.15) is 11.5 Å². The van der Waals surface area contributed by atoms with Crippen LogP contribution >= 0.6 is 11.6 Å². The number of benzene rings is 2. The monoisotopic (exact) mass is 405 g/mol. The van der Waals surface area contributed by atoms with Gasteiger partial charge in [-0.05, 0) is 48.9 Å². The van der Waals surface area contributed by atoms with Crippen molar-refractivity contribution in [3.05, 3.63) is 52.6 Å². The molecule has 2 aromatic carbocycles. The van der Waals surface area contributed by atoms with E-state index in [1.165, 1.54) is 20.3 Å². The second-order valence-electron chi connectivity index (χ2n) is 5.91. The van der Waals surface area contributed by atoms with Crippen molar-refractivity contribution in [3.63, 3.8) is 0 Å². The number of carbonyl (C=O) groups is 1. The maximum atomic E-state index is 12.4. The molecule has 1 unspecified atom stereocenters. The molecule has 0 bridgehead atoms. The van der Waals surface area contributed by atoms with Gasteiger partial charge in [-0.3, -0.25) is 4.79 Å². The number of ether oxygens (including phenoxy) is 4. The van der Waals surface area contributed by atoms with Crippen molar-refractivity contribution in [1.82, 2.24) is 5.32 Å². The highest BCUT2D eigenvalue weighted by Gasteiger charge is 2.14. The molecular weight excluding hydrogens is 382 g/mol. The van der Waals surface area contributed by atoms with Gasteiger partial charge >= 0.3 is 0 Å². The molecule has 0 radical (unpaired) electrons. The van der Waals surface area contributed by atoms with Crippen LogP contribution in [0.25, 0.3) is 6.08 Å². The summed E-state index contributed by atoms with van der Waals surface area (Å²) in [6.07, 6.45) is 3.08. The third-order valence-electron chi connectivity index (χ3n) is 4.15. The first-order valence-electron chi connectivity index (χ1n) is 8.55. The van der Waals surface area contributed by atoms with Gasteiger partial charge in [-0.1, -0.05) is 11.6 Å². The molecule has 0 aliphatic rings. The van der Waals surface area contributed by atoms with Crippen LogP contribution < -0.4 is 24.3 Å². The Morgan fingerprint density at radius 3 is 2.32 bits per heavy atom. The maximum Gasteiger partial charge on any atom is 0.244 e. The quantitative estimate of drug-likeness (QED) is 0.664. The summed E-state index contributed by atoms with van der Waals surface area (Å²) >= 11 is 6.19. The fourth-order valence-corrected chi connectivity index (χ4v) is 3.02. The average molecular weight is 406 g/mol. The van der Waals surface area contributed by atoms with Crippen molar-refractivity contribution < 1.29 is 23.7 Å². The second-order valence-corrected chi connectivity index (χ2v) is 6.32. The summed E-state index contributed by atoms with van der Waals surface area (Å²) in [5.74, 6) is 2.04. The van der Waals surface area contributed by atoms with Gasteiger partial charge in [0.25, 0.3) is 0 Å². The number of methoxy groups -OCH3 is 4. The molecule has 0 saturated carbocycles. The van der Waals surface area contributed by atoms with E-state index in [1.807, 2.05) is 13.0 Å². The number of hydrogen-bond donors (Lipinski definition) is 1. The van der Waals surface area contributed by atoms with Crippen LogP contribution in [0.3, 0.4) is 0 Å². The highest BCUT2D eigenvalue weighted by atomic mass is 35.5. The molecule has 7 heteroatoms. The smallest absolute Gasteiger partial charge is 0.244 e. The minimum atomic E-state index is -0.281. The van der Waals surface area contributed by atoms with Gasteiger partial charge in [0.15, 0.2) is 11.5 Å². The summed E-state index contributed by atoms with van der Waals surface area (Å²) in [5.41, 5.74) is 1.53. The summed E-state index contributed by atoms with van der Waals surface area (Å²) in [6.45, 7) is 1.87.